The highest BCUT2D eigenvalue weighted by atomic mass is 79.9. The van der Waals surface area contributed by atoms with Crippen LogP contribution in [0.3, 0.4) is 0 Å². The van der Waals surface area contributed by atoms with Crippen LogP contribution in [-0.4, -0.2) is 30.8 Å². The number of piperidine rings is 1. The van der Waals surface area contributed by atoms with Crippen molar-refractivity contribution in [1.82, 2.24) is 9.29 Å². The topological polar surface area (TPSA) is 50.3 Å². The molecule has 8 heteroatoms. The second-order valence-electron chi connectivity index (χ2n) is 5.82. The fraction of sp³-hybridized carbons (Fsp3) is 0.353. The van der Waals surface area contributed by atoms with Gasteiger partial charge >= 0.3 is 0 Å². The van der Waals surface area contributed by atoms with Gasteiger partial charge in [0.25, 0.3) is 0 Å². The Labute approximate surface area is 160 Å². The molecule has 1 aliphatic rings. The quantitative estimate of drug-likeness (QED) is 0.639. The van der Waals surface area contributed by atoms with Crippen LogP contribution in [0.25, 0.3) is 0 Å². The lowest BCUT2D eigenvalue weighted by atomic mass is 10.2. The van der Waals surface area contributed by atoms with Crippen LogP contribution in [-0.2, 0) is 15.8 Å². The van der Waals surface area contributed by atoms with Crippen molar-refractivity contribution >= 4 is 37.7 Å². The minimum Gasteiger partial charge on any atom is -0.249 e. The van der Waals surface area contributed by atoms with E-state index in [0.717, 1.165) is 29.9 Å². The summed E-state index contributed by atoms with van der Waals surface area (Å²) in [6.45, 7) is 1.16. The van der Waals surface area contributed by atoms with Crippen LogP contribution in [0.15, 0.2) is 50.9 Å². The molecule has 0 radical (unpaired) electrons. The molecule has 0 unspecified atom stereocenters. The van der Waals surface area contributed by atoms with Gasteiger partial charge in [-0.1, -0.05) is 28.4 Å². The lowest BCUT2D eigenvalue weighted by molar-refractivity contribution is 0.346. The molecule has 0 amide bonds. The van der Waals surface area contributed by atoms with Crippen molar-refractivity contribution in [1.29, 1.82) is 0 Å². The van der Waals surface area contributed by atoms with Crippen molar-refractivity contribution in [2.45, 2.75) is 34.9 Å². The monoisotopic (exact) mass is 444 g/mol. The summed E-state index contributed by atoms with van der Waals surface area (Å²) in [4.78, 5) is 4.51. The first-order valence-corrected chi connectivity index (χ1v) is 11.2. The summed E-state index contributed by atoms with van der Waals surface area (Å²) in [5, 5.41) is 0.730. The zero-order chi connectivity index (χ0) is 17.9. The van der Waals surface area contributed by atoms with Gasteiger partial charge in [0.15, 0.2) is 0 Å². The average molecular weight is 445 g/mol. The summed E-state index contributed by atoms with van der Waals surface area (Å²) >= 11 is 4.82. The molecular formula is C17H18BrFN2O2S2. The third-order valence-electron chi connectivity index (χ3n) is 4.05. The van der Waals surface area contributed by atoms with Gasteiger partial charge in [0, 0.05) is 29.5 Å². The lowest BCUT2D eigenvalue weighted by Gasteiger charge is -2.25. The number of sulfonamides is 1. The summed E-state index contributed by atoms with van der Waals surface area (Å²) in [7, 11) is -3.44. The number of pyridine rings is 1. The van der Waals surface area contributed by atoms with E-state index in [4.69, 9.17) is 0 Å². The summed E-state index contributed by atoms with van der Waals surface area (Å²) in [6.07, 6.45) is 4.32. The highest BCUT2D eigenvalue weighted by Crippen LogP contribution is 2.27. The Morgan fingerprint density at radius 2 is 1.92 bits per heavy atom. The third kappa shape index (κ3) is 4.61. The molecule has 1 saturated heterocycles. The van der Waals surface area contributed by atoms with Crippen molar-refractivity contribution < 1.29 is 12.8 Å². The summed E-state index contributed by atoms with van der Waals surface area (Å²) in [5.74, 6) is 0.331. The summed E-state index contributed by atoms with van der Waals surface area (Å²) in [5.41, 5.74) is 0.957. The Morgan fingerprint density at radius 1 is 1.16 bits per heavy atom. The Bertz CT molecular complexity index is 838. The molecule has 1 aromatic heterocycles. The first-order chi connectivity index (χ1) is 12.0. The lowest BCUT2D eigenvalue weighted by Crippen LogP contribution is -2.35. The molecule has 2 heterocycles. The molecule has 0 atom stereocenters. The number of thioether (sulfide) groups is 1. The highest BCUT2D eigenvalue weighted by Gasteiger charge is 2.26. The molecule has 3 rings (SSSR count). The first-order valence-electron chi connectivity index (χ1n) is 8.00. The molecule has 0 spiro atoms. The van der Waals surface area contributed by atoms with E-state index in [2.05, 4.69) is 20.9 Å². The van der Waals surface area contributed by atoms with Crippen molar-refractivity contribution in [3.05, 3.63) is 52.4 Å². The molecule has 134 valence electrons. The standard InChI is InChI=1S/C17H18BrFN2O2S2/c18-16-10-14(19)5-4-13(16)12-24-17-7-6-15(11-20-17)25(22,23)21-8-2-1-3-9-21/h4-7,10-11H,1-3,8-9,12H2. The summed E-state index contributed by atoms with van der Waals surface area (Å²) in [6, 6.07) is 7.90. The fourth-order valence-corrected chi connectivity index (χ4v) is 5.64. The maximum atomic E-state index is 13.1. The van der Waals surface area contributed by atoms with Crippen molar-refractivity contribution in [2.24, 2.45) is 0 Å². The molecule has 0 aliphatic carbocycles. The minimum atomic E-state index is -3.44. The van der Waals surface area contributed by atoms with E-state index >= 15 is 0 Å². The number of halogens is 2. The average Bonchev–Trinajstić information content (AvgIpc) is 2.62. The number of hydrogen-bond acceptors (Lipinski definition) is 4. The van der Waals surface area contributed by atoms with E-state index in [0.29, 0.717) is 23.3 Å². The van der Waals surface area contributed by atoms with Crippen LogP contribution >= 0.6 is 27.7 Å². The van der Waals surface area contributed by atoms with Gasteiger partial charge < -0.3 is 0 Å². The number of nitrogens with zero attached hydrogens (tertiary/aromatic N) is 2. The van der Waals surface area contributed by atoms with E-state index in [1.165, 1.54) is 34.4 Å². The third-order valence-corrected chi connectivity index (χ3v) is 7.67. The van der Waals surface area contributed by atoms with Gasteiger partial charge in [-0.3, -0.25) is 0 Å². The second-order valence-corrected chi connectivity index (χ2v) is 9.61. The van der Waals surface area contributed by atoms with Gasteiger partial charge in [-0.25, -0.2) is 17.8 Å². The molecule has 1 aromatic carbocycles. The largest absolute Gasteiger partial charge is 0.249 e. The van der Waals surface area contributed by atoms with Crippen LogP contribution in [0.4, 0.5) is 4.39 Å². The van der Waals surface area contributed by atoms with Gasteiger partial charge in [-0.05, 0) is 42.7 Å². The molecule has 25 heavy (non-hydrogen) atoms. The van der Waals surface area contributed by atoms with Crippen LogP contribution in [0.1, 0.15) is 24.8 Å². The highest BCUT2D eigenvalue weighted by molar-refractivity contribution is 9.10. The first kappa shape index (κ1) is 18.8. The predicted molar refractivity (Wildman–Crippen MR) is 101 cm³/mol. The molecule has 4 nitrogen and oxygen atoms in total. The van der Waals surface area contributed by atoms with Crippen LogP contribution in [0.2, 0.25) is 0 Å². The zero-order valence-corrected chi connectivity index (χ0v) is 16.7. The van der Waals surface area contributed by atoms with E-state index in [-0.39, 0.29) is 10.7 Å². The molecule has 0 saturated carbocycles. The number of aromatic nitrogens is 1. The smallest absolute Gasteiger partial charge is 0.244 e. The van der Waals surface area contributed by atoms with Crippen molar-refractivity contribution in [3.8, 4) is 0 Å². The molecule has 0 N–H and O–H groups in total. The number of benzene rings is 1. The van der Waals surface area contributed by atoms with E-state index in [9.17, 15) is 12.8 Å². The van der Waals surface area contributed by atoms with Gasteiger partial charge in [0.05, 0.1) is 5.03 Å². The molecular weight excluding hydrogens is 427 g/mol. The molecule has 1 fully saturated rings. The fourth-order valence-electron chi connectivity index (χ4n) is 2.65. The number of rotatable bonds is 5. The van der Waals surface area contributed by atoms with E-state index < -0.39 is 10.0 Å². The van der Waals surface area contributed by atoms with Crippen LogP contribution in [0, 0.1) is 5.82 Å². The van der Waals surface area contributed by atoms with Gasteiger partial charge in [-0.15, -0.1) is 11.8 Å². The Balaban J connectivity index is 1.67. The van der Waals surface area contributed by atoms with E-state index in [1.807, 2.05) is 0 Å². The van der Waals surface area contributed by atoms with E-state index in [1.54, 1.807) is 18.2 Å². The minimum absolute atomic E-state index is 0.238. The summed E-state index contributed by atoms with van der Waals surface area (Å²) < 4.78 is 40.5. The van der Waals surface area contributed by atoms with Gasteiger partial charge in [-0.2, -0.15) is 4.31 Å². The molecule has 0 bridgehead atoms. The predicted octanol–water partition coefficient (Wildman–Crippen LogP) is 4.45. The van der Waals surface area contributed by atoms with Gasteiger partial charge in [0.1, 0.15) is 10.7 Å². The molecule has 1 aliphatic heterocycles. The number of hydrogen-bond donors (Lipinski definition) is 0. The maximum Gasteiger partial charge on any atom is 0.244 e. The van der Waals surface area contributed by atoms with Crippen LogP contribution in [0.5, 0.6) is 0 Å². The van der Waals surface area contributed by atoms with Gasteiger partial charge in [0.2, 0.25) is 10.0 Å². The van der Waals surface area contributed by atoms with Crippen molar-refractivity contribution in [3.63, 3.8) is 0 Å². The van der Waals surface area contributed by atoms with Crippen LogP contribution < -0.4 is 0 Å². The SMILES string of the molecule is O=S(=O)(c1ccc(SCc2ccc(F)cc2Br)nc1)N1CCCCC1. The Hall–Kier alpha value is -0.960. The Morgan fingerprint density at radius 3 is 2.56 bits per heavy atom. The zero-order valence-electron chi connectivity index (χ0n) is 13.5. The molecule has 2 aromatic rings. The Kier molecular flexibility index (Phi) is 6.14. The normalized spacial score (nSPS) is 16.1. The van der Waals surface area contributed by atoms with Crippen molar-refractivity contribution in [2.75, 3.05) is 13.1 Å². The second kappa shape index (κ2) is 8.16. The maximum absolute atomic E-state index is 13.1.